The van der Waals surface area contributed by atoms with E-state index in [1.54, 1.807) is 0 Å². The first-order chi connectivity index (χ1) is 11.7. The third-order valence-corrected chi connectivity index (χ3v) is 5.41. The first-order valence-corrected chi connectivity index (χ1v) is 9.35. The smallest absolute Gasteiger partial charge is 0.222 e. The monoisotopic (exact) mass is 329 g/mol. The fourth-order valence-corrected chi connectivity index (χ4v) is 3.63. The second kappa shape index (κ2) is 6.67. The van der Waals surface area contributed by atoms with E-state index in [0.29, 0.717) is 24.3 Å². The van der Waals surface area contributed by atoms with Crippen LogP contribution in [0.1, 0.15) is 68.3 Å². The Morgan fingerprint density at radius 2 is 2.04 bits per heavy atom. The predicted molar refractivity (Wildman–Crippen MR) is 92.9 cm³/mol. The highest BCUT2D eigenvalue weighted by Gasteiger charge is 2.32. The Labute approximate surface area is 143 Å². The number of carbonyl (C=O) groups excluding carboxylic acids is 1. The van der Waals surface area contributed by atoms with E-state index < -0.39 is 0 Å². The maximum Gasteiger partial charge on any atom is 0.222 e. The molecule has 0 unspecified atom stereocenters. The molecule has 2 heterocycles. The summed E-state index contributed by atoms with van der Waals surface area (Å²) in [5.74, 6) is 3.22. The van der Waals surface area contributed by atoms with Gasteiger partial charge in [-0.3, -0.25) is 4.79 Å². The van der Waals surface area contributed by atoms with Crippen molar-refractivity contribution >= 4 is 11.7 Å². The highest BCUT2D eigenvalue weighted by Crippen LogP contribution is 2.41. The zero-order valence-corrected chi connectivity index (χ0v) is 14.2. The lowest BCUT2D eigenvalue weighted by atomic mass is 9.78. The van der Waals surface area contributed by atoms with Gasteiger partial charge in [-0.1, -0.05) is 0 Å². The average Bonchev–Trinajstić information content (AvgIpc) is 3.38. The summed E-state index contributed by atoms with van der Waals surface area (Å²) >= 11 is 0. The summed E-state index contributed by atoms with van der Waals surface area (Å²) in [4.78, 5) is 23.3. The van der Waals surface area contributed by atoms with Gasteiger partial charge in [0.25, 0.3) is 0 Å². The van der Waals surface area contributed by atoms with Crippen molar-refractivity contribution in [2.75, 3.05) is 25.0 Å². The molecule has 1 saturated heterocycles. The average molecular weight is 329 g/mol. The highest BCUT2D eigenvalue weighted by molar-refractivity contribution is 5.76. The number of carbonyl (C=O) groups is 1. The zero-order chi connectivity index (χ0) is 16.5. The summed E-state index contributed by atoms with van der Waals surface area (Å²) in [7, 11) is 0. The van der Waals surface area contributed by atoms with Gasteiger partial charge in [-0.25, -0.2) is 9.97 Å². The molecule has 1 aromatic rings. The predicted octanol–water partition coefficient (Wildman–Crippen LogP) is 1.98. The number of rotatable bonds is 6. The zero-order valence-electron chi connectivity index (χ0n) is 14.2. The molecule has 1 aromatic heterocycles. The number of aromatic nitrogens is 2. The molecular weight excluding hydrogens is 302 g/mol. The van der Waals surface area contributed by atoms with Gasteiger partial charge in [0.15, 0.2) is 0 Å². The number of anilines is 1. The van der Waals surface area contributed by atoms with E-state index in [-0.39, 0.29) is 5.91 Å². The minimum absolute atomic E-state index is 0.286. The van der Waals surface area contributed by atoms with Crippen LogP contribution in [0.4, 0.5) is 5.82 Å². The molecule has 6 nitrogen and oxygen atoms in total. The summed E-state index contributed by atoms with van der Waals surface area (Å²) in [5, 5.41) is 3.41. The summed E-state index contributed by atoms with van der Waals surface area (Å²) in [6, 6.07) is 2.41. The number of hydrogen-bond donors (Lipinski definition) is 2. The minimum atomic E-state index is 0.286. The number of nitrogens with two attached hydrogens (primary N) is 1. The van der Waals surface area contributed by atoms with E-state index in [1.807, 2.05) is 4.90 Å². The van der Waals surface area contributed by atoms with E-state index in [4.69, 9.17) is 15.7 Å². The van der Waals surface area contributed by atoms with Crippen molar-refractivity contribution in [2.45, 2.75) is 62.8 Å². The highest BCUT2D eigenvalue weighted by atomic mass is 16.2. The van der Waals surface area contributed by atoms with Crippen LogP contribution in [-0.4, -0.2) is 46.5 Å². The Hall–Kier alpha value is -1.69. The van der Waals surface area contributed by atoms with Crippen LogP contribution in [-0.2, 0) is 4.79 Å². The quantitative estimate of drug-likeness (QED) is 0.834. The van der Waals surface area contributed by atoms with Crippen LogP contribution in [0, 0.1) is 0 Å². The number of hydrogen-bond acceptors (Lipinski definition) is 5. The van der Waals surface area contributed by atoms with Crippen molar-refractivity contribution in [3.8, 4) is 0 Å². The SMILES string of the molecule is NC1CC(c2cc(NCCN3CCCCC3=O)nc(C3CC3)n2)C1. The van der Waals surface area contributed by atoms with Crippen molar-refractivity contribution in [2.24, 2.45) is 5.73 Å². The van der Waals surface area contributed by atoms with E-state index in [0.717, 1.165) is 62.7 Å². The molecule has 1 aliphatic heterocycles. The Balaban J connectivity index is 1.39. The number of nitrogens with one attached hydrogen (secondary N) is 1. The molecule has 2 saturated carbocycles. The lowest BCUT2D eigenvalue weighted by molar-refractivity contribution is -0.133. The summed E-state index contributed by atoms with van der Waals surface area (Å²) in [6.45, 7) is 2.39. The van der Waals surface area contributed by atoms with Gasteiger partial charge in [-0.05, 0) is 38.5 Å². The molecule has 3 aliphatic rings. The molecule has 130 valence electrons. The molecule has 0 radical (unpaired) electrons. The van der Waals surface area contributed by atoms with Gasteiger partial charge in [0.05, 0.1) is 0 Å². The third kappa shape index (κ3) is 3.53. The summed E-state index contributed by atoms with van der Waals surface area (Å²) in [5.41, 5.74) is 7.08. The van der Waals surface area contributed by atoms with Crippen LogP contribution in [0.25, 0.3) is 0 Å². The standard InChI is InChI=1S/C18H27N5O/c19-14-9-13(10-14)15-11-16(22-18(21-15)12-4-5-12)20-6-8-23-7-2-1-3-17(23)24/h11-14H,1-10,19H2,(H,20,21,22). The van der Waals surface area contributed by atoms with Crippen molar-refractivity contribution in [3.05, 3.63) is 17.6 Å². The second-order valence-electron chi connectivity index (χ2n) is 7.50. The minimum Gasteiger partial charge on any atom is -0.368 e. The first-order valence-electron chi connectivity index (χ1n) is 9.35. The summed E-state index contributed by atoms with van der Waals surface area (Å²) < 4.78 is 0. The van der Waals surface area contributed by atoms with Crippen LogP contribution >= 0.6 is 0 Å². The van der Waals surface area contributed by atoms with Crippen LogP contribution in [0.15, 0.2) is 6.07 Å². The number of likely N-dealkylation sites (tertiary alicyclic amines) is 1. The molecule has 3 N–H and O–H groups in total. The van der Waals surface area contributed by atoms with Crippen LogP contribution in [0.2, 0.25) is 0 Å². The van der Waals surface area contributed by atoms with Gasteiger partial charge < -0.3 is 16.0 Å². The Kier molecular flexibility index (Phi) is 4.39. The lowest BCUT2D eigenvalue weighted by Crippen LogP contribution is -2.38. The fourth-order valence-electron chi connectivity index (χ4n) is 3.63. The molecule has 24 heavy (non-hydrogen) atoms. The maximum atomic E-state index is 11.9. The van der Waals surface area contributed by atoms with E-state index in [1.165, 1.54) is 12.8 Å². The molecule has 0 spiro atoms. The number of amides is 1. The first kappa shape index (κ1) is 15.8. The molecule has 4 rings (SSSR count). The van der Waals surface area contributed by atoms with Gasteiger partial charge in [-0.2, -0.15) is 0 Å². The Bertz CT molecular complexity index is 609. The molecule has 6 heteroatoms. The van der Waals surface area contributed by atoms with E-state index in [9.17, 15) is 4.79 Å². The maximum absolute atomic E-state index is 11.9. The molecule has 2 aliphatic carbocycles. The van der Waals surface area contributed by atoms with Crippen molar-refractivity contribution in [1.82, 2.24) is 14.9 Å². The molecule has 3 fully saturated rings. The Morgan fingerprint density at radius 3 is 2.75 bits per heavy atom. The topological polar surface area (TPSA) is 84.1 Å². The van der Waals surface area contributed by atoms with Crippen molar-refractivity contribution < 1.29 is 4.79 Å². The van der Waals surface area contributed by atoms with Gasteiger partial charge in [-0.15, -0.1) is 0 Å². The van der Waals surface area contributed by atoms with Crippen molar-refractivity contribution in [1.29, 1.82) is 0 Å². The van der Waals surface area contributed by atoms with E-state index in [2.05, 4.69) is 11.4 Å². The summed E-state index contributed by atoms with van der Waals surface area (Å²) in [6.07, 6.45) is 7.32. The normalized spacial score (nSPS) is 27.0. The largest absolute Gasteiger partial charge is 0.368 e. The molecule has 0 aromatic carbocycles. The fraction of sp³-hybridized carbons (Fsp3) is 0.722. The van der Waals surface area contributed by atoms with Crippen LogP contribution < -0.4 is 11.1 Å². The molecule has 0 bridgehead atoms. The Morgan fingerprint density at radius 1 is 1.21 bits per heavy atom. The van der Waals surface area contributed by atoms with Gasteiger partial charge in [0.2, 0.25) is 5.91 Å². The number of nitrogens with zero attached hydrogens (tertiary/aromatic N) is 3. The number of piperidine rings is 1. The molecule has 0 atom stereocenters. The molecular formula is C18H27N5O. The van der Waals surface area contributed by atoms with Gasteiger partial charge in [0.1, 0.15) is 11.6 Å². The van der Waals surface area contributed by atoms with Gasteiger partial charge in [0, 0.05) is 55.7 Å². The van der Waals surface area contributed by atoms with Crippen molar-refractivity contribution in [3.63, 3.8) is 0 Å². The van der Waals surface area contributed by atoms with Crippen LogP contribution in [0.5, 0.6) is 0 Å². The van der Waals surface area contributed by atoms with Crippen LogP contribution in [0.3, 0.4) is 0 Å². The van der Waals surface area contributed by atoms with E-state index >= 15 is 0 Å². The second-order valence-corrected chi connectivity index (χ2v) is 7.50. The van der Waals surface area contributed by atoms with Gasteiger partial charge >= 0.3 is 0 Å². The third-order valence-electron chi connectivity index (χ3n) is 5.41. The molecule has 1 amide bonds. The lowest BCUT2D eigenvalue weighted by Gasteiger charge is -2.32.